The molecule has 0 spiro atoms. The van der Waals surface area contributed by atoms with Gasteiger partial charge in [0.05, 0.1) is 45.1 Å². The van der Waals surface area contributed by atoms with Crippen molar-refractivity contribution in [1.82, 2.24) is 5.43 Å². The fraction of sp³-hybridized carbons (Fsp3) is 0.125. The fourth-order valence-electron chi connectivity index (χ4n) is 4.15. The Morgan fingerprint density at radius 2 is 1.41 bits per heavy atom. The van der Waals surface area contributed by atoms with E-state index in [0.29, 0.717) is 28.7 Å². The number of hydrogen-bond donors (Lipinski definition) is 2. The van der Waals surface area contributed by atoms with Crippen LogP contribution in [0.1, 0.15) is 36.6 Å². The van der Waals surface area contributed by atoms with Crippen molar-refractivity contribution in [3.63, 3.8) is 0 Å². The Balaban J connectivity index is 1.45. The lowest BCUT2D eigenvalue weighted by molar-refractivity contribution is -0.385. The number of nitrogens with zero attached hydrogens (tertiary/aromatic N) is 2. The number of nitrogens with one attached hydrogen (secondary N) is 2. The number of carbonyl (C=O) groups is 3. The molecule has 0 aliphatic rings. The second-order valence-corrected chi connectivity index (χ2v) is 9.22. The highest BCUT2D eigenvalue weighted by Crippen LogP contribution is 2.38. The molecule has 0 fully saturated rings. The molecule has 4 aromatic carbocycles. The lowest BCUT2D eigenvalue weighted by Gasteiger charge is -2.14. The number of rotatable bonds is 12. The van der Waals surface area contributed by atoms with Crippen LogP contribution in [0.2, 0.25) is 0 Å². The topological polar surface area (TPSA) is 177 Å². The lowest BCUT2D eigenvalue weighted by atomic mass is 10.1. The molecule has 236 valence electrons. The number of methoxy groups -OCH3 is 4. The number of nitro benzene ring substituents is 1. The van der Waals surface area contributed by atoms with E-state index >= 15 is 0 Å². The zero-order chi connectivity index (χ0) is 33.2. The first kappa shape index (κ1) is 32.5. The smallest absolute Gasteiger partial charge is 0.343 e. The van der Waals surface area contributed by atoms with E-state index in [-0.39, 0.29) is 28.0 Å². The third-order valence-corrected chi connectivity index (χ3v) is 6.42. The SMILES string of the molecule is COc1cccc(C(=O)Oc2c(/C=N/NC(=O)c3ccc(NC(=O)c4cc(OC)c(OC)c(OC)c4)cc3)cccc2[N+](=O)[O-])c1. The van der Waals surface area contributed by atoms with Crippen LogP contribution in [-0.4, -0.2) is 57.4 Å². The monoisotopic (exact) mass is 628 g/mol. The molecule has 4 rings (SSSR count). The molecule has 0 aliphatic heterocycles. The van der Waals surface area contributed by atoms with Crippen molar-refractivity contribution >= 4 is 35.4 Å². The molecule has 0 unspecified atom stereocenters. The molecular formula is C32H28N4O10. The normalized spacial score (nSPS) is 10.5. The Morgan fingerprint density at radius 3 is 2.02 bits per heavy atom. The number of benzene rings is 4. The summed E-state index contributed by atoms with van der Waals surface area (Å²) in [6, 6.07) is 19.1. The van der Waals surface area contributed by atoms with Gasteiger partial charge in [0, 0.05) is 28.4 Å². The third kappa shape index (κ3) is 7.55. The minimum atomic E-state index is -0.857. The first-order valence-electron chi connectivity index (χ1n) is 13.4. The van der Waals surface area contributed by atoms with Gasteiger partial charge in [-0.15, -0.1) is 0 Å². The predicted octanol–water partition coefficient (Wildman–Crippen LogP) is 4.86. The van der Waals surface area contributed by atoms with E-state index in [0.717, 1.165) is 6.21 Å². The average molecular weight is 629 g/mol. The summed E-state index contributed by atoms with van der Waals surface area (Å²) in [4.78, 5) is 49.3. The van der Waals surface area contributed by atoms with Gasteiger partial charge in [-0.1, -0.05) is 12.1 Å². The van der Waals surface area contributed by atoms with Gasteiger partial charge in [0.1, 0.15) is 5.75 Å². The van der Waals surface area contributed by atoms with Crippen molar-refractivity contribution in [3.05, 3.63) is 111 Å². The largest absolute Gasteiger partial charge is 0.497 e. The molecule has 0 atom stereocenters. The molecule has 0 heterocycles. The molecule has 0 bridgehead atoms. The van der Waals surface area contributed by atoms with Crippen molar-refractivity contribution in [1.29, 1.82) is 0 Å². The summed E-state index contributed by atoms with van der Waals surface area (Å²) < 4.78 is 26.4. The summed E-state index contributed by atoms with van der Waals surface area (Å²) in [6.07, 6.45) is 1.12. The second kappa shape index (κ2) is 14.8. The Labute approximate surface area is 262 Å². The fourth-order valence-corrected chi connectivity index (χ4v) is 4.15. The maximum atomic E-state index is 12.9. The molecule has 46 heavy (non-hydrogen) atoms. The number of para-hydroxylation sites is 1. The molecule has 0 saturated carbocycles. The van der Waals surface area contributed by atoms with Gasteiger partial charge >= 0.3 is 11.7 Å². The quantitative estimate of drug-likeness (QED) is 0.0724. The van der Waals surface area contributed by atoms with Gasteiger partial charge in [0.15, 0.2) is 11.5 Å². The van der Waals surface area contributed by atoms with Crippen molar-refractivity contribution in [2.75, 3.05) is 33.8 Å². The van der Waals surface area contributed by atoms with Crippen LogP contribution in [0, 0.1) is 10.1 Å². The van der Waals surface area contributed by atoms with Gasteiger partial charge in [0.2, 0.25) is 11.5 Å². The van der Waals surface area contributed by atoms with Gasteiger partial charge in [-0.05, 0) is 60.7 Å². The van der Waals surface area contributed by atoms with Crippen molar-refractivity contribution in [2.45, 2.75) is 0 Å². The highest BCUT2D eigenvalue weighted by Gasteiger charge is 2.23. The van der Waals surface area contributed by atoms with Crippen molar-refractivity contribution < 1.29 is 43.0 Å². The van der Waals surface area contributed by atoms with Crippen LogP contribution in [0.3, 0.4) is 0 Å². The van der Waals surface area contributed by atoms with E-state index in [1.807, 2.05) is 0 Å². The number of amides is 2. The molecule has 0 saturated heterocycles. The van der Waals surface area contributed by atoms with E-state index in [4.69, 9.17) is 23.7 Å². The van der Waals surface area contributed by atoms with Crippen LogP contribution in [0.5, 0.6) is 28.7 Å². The molecule has 4 aromatic rings. The van der Waals surface area contributed by atoms with Gasteiger partial charge in [-0.3, -0.25) is 19.7 Å². The van der Waals surface area contributed by atoms with Gasteiger partial charge < -0.3 is 29.0 Å². The molecule has 0 aliphatic carbocycles. The van der Waals surface area contributed by atoms with Crippen molar-refractivity contribution in [2.24, 2.45) is 5.10 Å². The molecule has 14 nitrogen and oxygen atoms in total. The highest BCUT2D eigenvalue weighted by molar-refractivity contribution is 6.05. The van der Waals surface area contributed by atoms with Crippen LogP contribution < -0.4 is 34.4 Å². The number of nitro groups is 1. The van der Waals surface area contributed by atoms with Crippen molar-refractivity contribution in [3.8, 4) is 28.7 Å². The Bertz CT molecular complexity index is 1780. The molecule has 0 aromatic heterocycles. The number of hydrogen-bond acceptors (Lipinski definition) is 11. The summed E-state index contributed by atoms with van der Waals surface area (Å²) in [5.74, 6) is -0.917. The van der Waals surface area contributed by atoms with Crippen LogP contribution in [0.4, 0.5) is 11.4 Å². The second-order valence-electron chi connectivity index (χ2n) is 9.22. The molecule has 2 N–H and O–H groups in total. The lowest BCUT2D eigenvalue weighted by Crippen LogP contribution is -2.18. The van der Waals surface area contributed by atoms with E-state index in [1.54, 1.807) is 12.1 Å². The molecule has 14 heteroatoms. The first-order chi connectivity index (χ1) is 22.2. The summed E-state index contributed by atoms with van der Waals surface area (Å²) in [6.45, 7) is 0. The predicted molar refractivity (Wildman–Crippen MR) is 167 cm³/mol. The third-order valence-electron chi connectivity index (χ3n) is 6.42. The Kier molecular flexibility index (Phi) is 10.5. The van der Waals surface area contributed by atoms with Crippen LogP contribution in [0.15, 0.2) is 84.0 Å². The number of carbonyl (C=O) groups excluding carboxylic acids is 3. The Hall–Kier alpha value is -6.44. The van der Waals surface area contributed by atoms with Gasteiger partial charge in [-0.25, -0.2) is 10.2 Å². The van der Waals surface area contributed by atoms with Crippen LogP contribution in [0.25, 0.3) is 0 Å². The summed E-state index contributed by atoms with van der Waals surface area (Å²) in [5.41, 5.74) is 2.87. The minimum Gasteiger partial charge on any atom is -0.497 e. The van der Waals surface area contributed by atoms with Crippen LogP contribution >= 0.6 is 0 Å². The number of anilines is 1. The Morgan fingerprint density at radius 1 is 0.739 bits per heavy atom. The van der Waals surface area contributed by atoms with Gasteiger partial charge in [-0.2, -0.15) is 5.10 Å². The van der Waals surface area contributed by atoms with E-state index in [2.05, 4.69) is 15.8 Å². The maximum absolute atomic E-state index is 12.9. The summed E-state index contributed by atoms with van der Waals surface area (Å²) in [7, 11) is 5.76. The molecule has 2 amide bonds. The van der Waals surface area contributed by atoms with Gasteiger partial charge in [0.25, 0.3) is 11.8 Å². The standard InChI is InChI=1S/C32H28N4O10/c1-42-24-9-5-7-20(15-24)32(39)46-28-21(8-6-10-25(28)36(40)41)18-33-35-31(38)19-11-13-23(14-12-19)34-30(37)22-16-26(43-2)29(45-4)27(17-22)44-3/h5-18H,1-4H3,(H,34,37)(H,35,38)/b33-18+. The maximum Gasteiger partial charge on any atom is 0.343 e. The summed E-state index contributed by atoms with van der Waals surface area (Å²) >= 11 is 0. The highest BCUT2D eigenvalue weighted by atomic mass is 16.6. The zero-order valence-corrected chi connectivity index (χ0v) is 25.1. The number of ether oxygens (including phenoxy) is 5. The average Bonchev–Trinajstić information content (AvgIpc) is 3.08. The van der Waals surface area contributed by atoms with Crippen LogP contribution in [-0.2, 0) is 0 Å². The minimum absolute atomic E-state index is 0.0654. The molecule has 0 radical (unpaired) electrons. The number of esters is 1. The number of hydrazone groups is 1. The van der Waals surface area contributed by atoms with E-state index in [9.17, 15) is 24.5 Å². The first-order valence-corrected chi connectivity index (χ1v) is 13.4. The van der Waals surface area contributed by atoms with E-state index in [1.165, 1.54) is 95.2 Å². The van der Waals surface area contributed by atoms with E-state index < -0.39 is 28.4 Å². The zero-order valence-electron chi connectivity index (χ0n) is 25.1. The molecular weight excluding hydrogens is 600 g/mol. The summed E-state index contributed by atoms with van der Waals surface area (Å²) in [5, 5.41) is 18.3.